The zero-order valence-electron chi connectivity index (χ0n) is 9.87. The molecule has 0 saturated heterocycles. The third-order valence-corrected chi connectivity index (χ3v) is 2.37. The van der Waals surface area contributed by atoms with Gasteiger partial charge >= 0.3 is 6.03 Å². The second kappa shape index (κ2) is 5.72. The molecule has 2 aromatic rings. The van der Waals surface area contributed by atoms with Crippen LogP contribution in [0, 0.1) is 0 Å². The summed E-state index contributed by atoms with van der Waals surface area (Å²) < 4.78 is 0. The summed E-state index contributed by atoms with van der Waals surface area (Å²) in [6, 6.07) is 6.66. The van der Waals surface area contributed by atoms with E-state index in [0.717, 1.165) is 5.56 Å². The van der Waals surface area contributed by atoms with Gasteiger partial charge in [-0.3, -0.25) is 10.3 Å². The van der Waals surface area contributed by atoms with Crippen molar-refractivity contribution in [1.29, 1.82) is 0 Å². The van der Waals surface area contributed by atoms with Gasteiger partial charge in [0.05, 0.1) is 6.04 Å². The highest BCUT2D eigenvalue weighted by Gasteiger charge is 2.09. The van der Waals surface area contributed by atoms with Crippen LogP contribution >= 0.6 is 0 Å². The Morgan fingerprint density at radius 2 is 2.00 bits per heavy atom. The lowest BCUT2D eigenvalue weighted by atomic mass is 10.1. The molecule has 1 atom stereocenters. The van der Waals surface area contributed by atoms with Gasteiger partial charge in [-0.25, -0.2) is 4.79 Å². The number of rotatable bonds is 3. The molecule has 0 fully saturated rings. The number of aromatic nitrogens is 3. The van der Waals surface area contributed by atoms with Crippen molar-refractivity contribution in [2.45, 2.75) is 13.0 Å². The largest absolute Gasteiger partial charge is 0.331 e. The van der Waals surface area contributed by atoms with Crippen molar-refractivity contribution in [2.75, 3.05) is 5.32 Å². The first-order chi connectivity index (χ1) is 8.75. The van der Waals surface area contributed by atoms with Crippen LogP contribution in [0.5, 0.6) is 0 Å². The van der Waals surface area contributed by atoms with Crippen LogP contribution in [0.25, 0.3) is 0 Å². The molecule has 2 aromatic heterocycles. The van der Waals surface area contributed by atoms with E-state index in [1.165, 1.54) is 0 Å². The van der Waals surface area contributed by atoms with Crippen LogP contribution in [0.3, 0.4) is 0 Å². The standard InChI is InChI=1S/C12H13N5O/c1-9(10-4-7-13-8-5-10)15-12(18)16-11-3-2-6-14-17-11/h2-9H,1H3,(H2,15,16,17,18)/t9-/m1/s1. The SMILES string of the molecule is C[C@@H](NC(=O)Nc1cccnn1)c1ccncc1. The Balaban J connectivity index is 1.92. The van der Waals surface area contributed by atoms with Gasteiger partial charge in [0, 0.05) is 18.6 Å². The average molecular weight is 243 g/mol. The zero-order valence-corrected chi connectivity index (χ0v) is 9.87. The molecule has 0 aliphatic heterocycles. The number of nitrogens with one attached hydrogen (secondary N) is 2. The first-order valence-electron chi connectivity index (χ1n) is 5.51. The molecule has 0 saturated carbocycles. The van der Waals surface area contributed by atoms with Crippen LogP contribution in [0.4, 0.5) is 10.6 Å². The van der Waals surface area contributed by atoms with E-state index in [2.05, 4.69) is 25.8 Å². The second-order valence-corrected chi connectivity index (χ2v) is 3.71. The second-order valence-electron chi connectivity index (χ2n) is 3.71. The van der Waals surface area contributed by atoms with Crippen molar-refractivity contribution in [1.82, 2.24) is 20.5 Å². The Morgan fingerprint density at radius 1 is 1.22 bits per heavy atom. The monoisotopic (exact) mass is 243 g/mol. The van der Waals surface area contributed by atoms with Crippen molar-refractivity contribution in [3.05, 3.63) is 48.4 Å². The molecule has 0 aliphatic rings. The Labute approximate surface area is 104 Å². The normalized spacial score (nSPS) is 11.6. The molecule has 0 aliphatic carbocycles. The summed E-state index contributed by atoms with van der Waals surface area (Å²) in [7, 11) is 0. The van der Waals surface area contributed by atoms with Gasteiger partial charge in [0.15, 0.2) is 5.82 Å². The molecule has 0 radical (unpaired) electrons. The minimum Gasteiger partial charge on any atom is -0.331 e. The minimum atomic E-state index is -0.320. The number of hydrogen-bond donors (Lipinski definition) is 2. The van der Waals surface area contributed by atoms with Crippen LogP contribution in [0.1, 0.15) is 18.5 Å². The van der Waals surface area contributed by atoms with Crippen molar-refractivity contribution < 1.29 is 4.79 Å². The molecule has 18 heavy (non-hydrogen) atoms. The van der Waals surface area contributed by atoms with Crippen LogP contribution in [-0.2, 0) is 0 Å². The van der Waals surface area contributed by atoms with E-state index in [9.17, 15) is 4.79 Å². The number of hydrogen-bond acceptors (Lipinski definition) is 4. The first-order valence-corrected chi connectivity index (χ1v) is 5.51. The lowest BCUT2D eigenvalue weighted by Crippen LogP contribution is -2.31. The maximum absolute atomic E-state index is 11.7. The van der Waals surface area contributed by atoms with Crippen molar-refractivity contribution >= 4 is 11.8 Å². The smallest absolute Gasteiger partial charge is 0.320 e. The lowest BCUT2D eigenvalue weighted by Gasteiger charge is -2.14. The maximum Gasteiger partial charge on any atom is 0.320 e. The number of carbonyl (C=O) groups excluding carboxylic acids is 1. The van der Waals surface area contributed by atoms with Crippen LogP contribution in [0.15, 0.2) is 42.9 Å². The Morgan fingerprint density at radius 3 is 2.67 bits per heavy atom. The summed E-state index contributed by atoms with van der Waals surface area (Å²) in [5.41, 5.74) is 0.985. The van der Waals surface area contributed by atoms with Crippen LogP contribution < -0.4 is 10.6 Å². The fraction of sp³-hybridized carbons (Fsp3) is 0.167. The zero-order chi connectivity index (χ0) is 12.8. The summed E-state index contributed by atoms with van der Waals surface area (Å²) in [5.74, 6) is 0.414. The summed E-state index contributed by atoms with van der Waals surface area (Å²) in [4.78, 5) is 15.6. The van der Waals surface area contributed by atoms with Crippen LogP contribution in [0.2, 0.25) is 0 Å². The summed E-state index contributed by atoms with van der Waals surface area (Å²) >= 11 is 0. The van der Waals surface area contributed by atoms with Gasteiger partial charge in [0.2, 0.25) is 0 Å². The van der Waals surface area contributed by atoms with E-state index >= 15 is 0 Å². The molecule has 2 N–H and O–H groups in total. The molecule has 2 heterocycles. The molecule has 0 unspecified atom stereocenters. The number of urea groups is 1. The summed E-state index contributed by atoms with van der Waals surface area (Å²) in [6.45, 7) is 1.89. The highest BCUT2D eigenvalue weighted by Crippen LogP contribution is 2.10. The van der Waals surface area contributed by atoms with E-state index in [1.54, 1.807) is 30.7 Å². The highest BCUT2D eigenvalue weighted by molar-refractivity contribution is 5.88. The van der Waals surface area contributed by atoms with Crippen molar-refractivity contribution in [2.24, 2.45) is 0 Å². The molecule has 92 valence electrons. The van der Waals surface area contributed by atoms with E-state index < -0.39 is 0 Å². The summed E-state index contributed by atoms with van der Waals surface area (Å²) in [5, 5.41) is 12.8. The maximum atomic E-state index is 11.7. The Hall–Kier alpha value is -2.50. The van der Waals surface area contributed by atoms with E-state index in [1.807, 2.05) is 19.1 Å². The molecular weight excluding hydrogens is 230 g/mol. The number of pyridine rings is 1. The van der Waals surface area contributed by atoms with E-state index in [0.29, 0.717) is 5.82 Å². The Bertz CT molecular complexity index is 502. The van der Waals surface area contributed by atoms with Crippen molar-refractivity contribution in [3.63, 3.8) is 0 Å². The van der Waals surface area contributed by atoms with Gasteiger partial charge in [0.1, 0.15) is 0 Å². The average Bonchev–Trinajstić information content (AvgIpc) is 2.40. The topological polar surface area (TPSA) is 79.8 Å². The highest BCUT2D eigenvalue weighted by atomic mass is 16.2. The van der Waals surface area contributed by atoms with Gasteiger partial charge in [0.25, 0.3) is 0 Å². The molecule has 6 nitrogen and oxygen atoms in total. The van der Waals surface area contributed by atoms with E-state index in [4.69, 9.17) is 0 Å². The fourth-order valence-electron chi connectivity index (χ4n) is 1.45. The van der Waals surface area contributed by atoms with Gasteiger partial charge in [-0.05, 0) is 36.8 Å². The Kier molecular flexibility index (Phi) is 3.80. The predicted octanol–water partition coefficient (Wildman–Crippen LogP) is 1.75. The fourth-order valence-corrected chi connectivity index (χ4v) is 1.45. The van der Waals surface area contributed by atoms with Gasteiger partial charge in [-0.2, -0.15) is 5.10 Å². The van der Waals surface area contributed by atoms with Crippen LogP contribution in [-0.4, -0.2) is 21.2 Å². The molecule has 0 aromatic carbocycles. The van der Waals surface area contributed by atoms with Gasteiger partial charge in [-0.1, -0.05) is 0 Å². The number of amides is 2. The molecule has 0 bridgehead atoms. The number of nitrogens with zero attached hydrogens (tertiary/aromatic N) is 3. The minimum absolute atomic E-state index is 0.107. The van der Waals surface area contributed by atoms with Crippen molar-refractivity contribution in [3.8, 4) is 0 Å². The molecule has 0 spiro atoms. The lowest BCUT2D eigenvalue weighted by molar-refractivity contribution is 0.249. The van der Waals surface area contributed by atoms with Gasteiger partial charge in [-0.15, -0.1) is 5.10 Å². The van der Waals surface area contributed by atoms with Gasteiger partial charge < -0.3 is 5.32 Å². The third-order valence-electron chi connectivity index (χ3n) is 2.37. The third kappa shape index (κ3) is 3.24. The van der Waals surface area contributed by atoms with E-state index in [-0.39, 0.29) is 12.1 Å². The first kappa shape index (κ1) is 12.0. The molecule has 2 amide bonds. The summed E-state index contributed by atoms with van der Waals surface area (Å²) in [6.07, 6.45) is 4.92. The number of anilines is 1. The quantitative estimate of drug-likeness (QED) is 0.860. The molecule has 6 heteroatoms. The number of carbonyl (C=O) groups is 1. The molecular formula is C12H13N5O. The molecule has 2 rings (SSSR count). The predicted molar refractivity (Wildman–Crippen MR) is 66.8 cm³/mol.